The average molecular weight is 468 g/mol. The maximum absolute atomic E-state index is 12.2. The summed E-state index contributed by atoms with van der Waals surface area (Å²) in [5.41, 5.74) is 2.62. The molecule has 0 amide bonds. The Morgan fingerprint density at radius 1 is 0.629 bits per heavy atom. The van der Waals surface area contributed by atoms with Gasteiger partial charge in [-0.15, -0.1) is 0 Å². The smallest absolute Gasteiger partial charge is 0.193 e. The van der Waals surface area contributed by atoms with Gasteiger partial charge in [-0.2, -0.15) is 0 Å². The second-order valence-corrected chi connectivity index (χ2v) is 8.11. The number of carbonyl (C=O) groups is 2. The molecular weight excluding hydrogens is 438 g/mol. The zero-order valence-electron chi connectivity index (χ0n) is 19.9. The maximum atomic E-state index is 12.2. The van der Waals surface area contributed by atoms with Crippen LogP contribution in [-0.4, -0.2) is 48.8 Å². The summed E-state index contributed by atoms with van der Waals surface area (Å²) in [6, 6.07) is 31.9. The minimum Gasteiger partial charge on any atom is -0.508 e. The second-order valence-electron chi connectivity index (χ2n) is 8.11. The summed E-state index contributed by atoms with van der Waals surface area (Å²) in [5, 5.41) is 9.10. The number of aromatic hydroxyl groups is 1. The first-order valence-corrected chi connectivity index (χ1v) is 11.3. The molecule has 4 rings (SSSR count). The summed E-state index contributed by atoms with van der Waals surface area (Å²) >= 11 is 0. The molecule has 5 heteroatoms. The van der Waals surface area contributed by atoms with Gasteiger partial charge < -0.3 is 14.7 Å². The topological polar surface area (TPSA) is 66.8 Å². The molecule has 0 atom stereocenters. The minimum absolute atomic E-state index is 0.0319. The fourth-order valence-electron chi connectivity index (χ4n) is 3.17. The third-order valence-corrected chi connectivity index (χ3v) is 5.13. The van der Waals surface area contributed by atoms with E-state index in [1.807, 2.05) is 74.8 Å². The van der Waals surface area contributed by atoms with Crippen molar-refractivity contribution in [3.05, 3.63) is 131 Å². The van der Waals surface area contributed by atoms with Crippen molar-refractivity contribution < 1.29 is 19.4 Å². The highest BCUT2D eigenvalue weighted by Gasteiger charge is 2.09. The lowest BCUT2D eigenvalue weighted by atomic mass is 10.0. The Balaban J connectivity index is 0.000000203. The molecule has 0 aliphatic rings. The standard InChI is InChI=1S/C17H19NO2.C13H10O2/c1-18(2)12-13-20-16-10-8-15(9-11-16)17(19)14-6-4-3-5-7-14;14-12-8-6-11(7-9-12)13(15)10-4-2-1-3-5-10/h3-11H,12-13H2,1-2H3;1-9,14H. The number of benzene rings is 4. The van der Waals surface area contributed by atoms with Crippen LogP contribution in [0.25, 0.3) is 0 Å². The van der Waals surface area contributed by atoms with E-state index >= 15 is 0 Å². The Morgan fingerprint density at radius 3 is 1.46 bits per heavy atom. The lowest BCUT2D eigenvalue weighted by Gasteiger charge is -2.11. The molecule has 0 aliphatic carbocycles. The fourth-order valence-corrected chi connectivity index (χ4v) is 3.17. The van der Waals surface area contributed by atoms with Crippen LogP contribution in [0.15, 0.2) is 109 Å². The molecule has 0 heterocycles. The van der Waals surface area contributed by atoms with Crippen LogP contribution >= 0.6 is 0 Å². The zero-order chi connectivity index (χ0) is 25.0. The van der Waals surface area contributed by atoms with Crippen molar-refractivity contribution in [2.45, 2.75) is 0 Å². The van der Waals surface area contributed by atoms with E-state index in [0.717, 1.165) is 12.3 Å². The molecule has 0 fully saturated rings. The van der Waals surface area contributed by atoms with Crippen molar-refractivity contribution in [1.29, 1.82) is 0 Å². The molecule has 0 spiro atoms. The number of hydrogen-bond acceptors (Lipinski definition) is 5. The first-order valence-electron chi connectivity index (χ1n) is 11.3. The van der Waals surface area contributed by atoms with E-state index in [4.69, 9.17) is 9.84 Å². The molecule has 1 N–H and O–H groups in total. The van der Waals surface area contributed by atoms with E-state index in [1.54, 1.807) is 36.4 Å². The number of carbonyl (C=O) groups excluding carboxylic acids is 2. The van der Waals surface area contributed by atoms with Gasteiger partial charge in [-0.1, -0.05) is 60.7 Å². The Labute approximate surface area is 206 Å². The summed E-state index contributed by atoms with van der Waals surface area (Å²) < 4.78 is 5.60. The van der Waals surface area contributed by atoms with Crippen LogP contribution in [0.3, 0.4) is 0 Å². The van der Waals surface area contributed by atoms with Gasteiger partial charge in [0.15, 0.2) is 11.6 Å². The summed E-state index contributed by atoms with van der Waals surface area (Å²) in [4.78, 5) is 26.2. The van der Waals surface area contributed by atoms with Crippen molar-refractivity contribution in [2.75, 3.05) is 27.2 Å². The highest BCUT2D eigenvalue weighted by molar-refractivity contribution is 6.09. The normalized spacial score (nSPS) is 10.3. The summed E-state index contributed by atoms with van der Waals surface area (Å²) in [6.45, 7) is 1.50. The molecule has 0 unspecified atom stereocenters. The van der Waals surface area contributed by atoms with Crippen LogP contribution in [0.2, 0.25) is 0 Å². The number of phenols is 1. The van der Waals surface area contributed by atoms with Crippen LogP contribution in [0, 0.1) is 0 Å². The van der Waals surface area contributed by atoms with Gasteiger partial charge in [0.1, 0.15) is 18.1 Å². The van der Waals surface area contributed by atoms with Gasteiger partial charge in [-0.3, -0.25) is 9.59 Å². The Bertz CT molecular complexity index is 1200. The predicted molar refractivity (Wildman–Crippen MR) is 138 cm³/mol. The third-order valence-electron chi connectivity index (χ3n) is 5.13. The number of ketones is 2. The van der Waals surface area contributed by atoms with Crippen molar-refractivity contribution >= 4 is 11.6 Å². The van der Waals surface area contributed by atoms with Crippen molar-refractivity contribution in [2.24, 2.45) is 0 Å². The zero-order valence-corrected chi connectivity index (χ0v) is 19.9. The molecule has 0 bridgehead atoms. The van der Waals surface area contributed by atoms with E-state index in [9.17, 15) is 9.59 Å². The molecule has 0 radical (unpaired) electrons. The highest BCUT2D eigenvalue weighted by Crippen LogP contribution is 2.16. The molecule has 178 valence electrons. The first kappa shape index (κ1) is 25.4. The van der Waals surface area contributed by atoms with E-state index in [2.05, 4.69) is 4.90 Å². The quantitative estimate of drug-likeness (QED) is 0.348. The van der Waals surface area contributed by atoms with Gasteiger partial charge in [0.2, 0.25) is 0 Å². The summed E-state index contributed by atoms with van der Waals surface area (Å²) in [6.07, 6.45) is 0. The van der Waals surface area contributed by atoms with Gasteiger partial charge in [0, 0.05) is 28.8 Å². The summed E-state index contributed by atoms with van der Waals surface area (Å²) in [5.74, 6) is 0.956. The molecule has 0 saturated heterocycles. The third kappa shape index (κ3) is 7.95. The monoisotopic (exact) mass is 467 g/mol. The molecule has 5 nitrogen and oxygen atoms in total. The van der Waals surface area contributed by atoms with E-state index in [-0.39, 0.29) is 17.3 Å². The van der Waals surface area contributed by atoms with Crippen LogP contribution in [0.5, 0.6) is 11.5 Å². The number of phenolic OH excluding ortho intramolecular Hbond substituents is 1. The van der Waals surface area contributed by atoms with Crippen LogP contribution in [0.4, 0.5) is 0 Å². The molecule has 35 heavy (non-hydrogen) atoms. The Morgan fingerprint density at radius 2 is 1.03 bits per heavy atom. The molecule has 4 aromatic rings. The number of nitrogens with zero attached hydrogens (tertiary/aromatic N) is 1. The largest absolute Gasteiger partial charge is 0.508 e. The highest BCUT2D eigenvalue weighted by atomic mass is 16.5. The molecule has 0 saturated carbocycles. The first-order chi connectivity index (χ1) is 16.9. The van der Waals surface area contributed by atoms with Gasteiger partial charge in [-0.05, 0) is 62.6 Å². The second kappa shape index (κ2) is 12.9. The van der Waals surface area contributed by atoms with E-state index in [0.29, 0.717) is 28.9 Å². The van der Waals surface area contributed by atoms with E-state index < -0.39 is 0 Å². The molecule has 0 aliphatic heterocycles. The van der Waals surface area contributed by atoms with Crippen LogP contribution in [-0.2, 0) is 0 Å². The van der Waals surface area contributed by atoms with Gasteiger partial charge in [0.25, 0.3) is 0 Å². The van der Waals surface area contributed by atoms with Crippen molar-refractivity contribution in [1.82, 2.24) is 4.90 Å². The molecule has 0 aromatic heterocycles. The Hall–Kier alpha value is -4.22. The molecule has 4 aromatic carbocycles. The maximum Gasteiger partial charge on any atom is 0.193 e. The van der Waals surface area contributed by atoms with Crippen molar-refractivity contribution in [3.8, 4) is 11.5 Å². The number of rotatable bonds is 8. The molecular formula is C30H29NO4. The van der Waals surface area contributed by atoms with E-state index in [1.165, 1.54) is 12.1 Å². The van der Waals surface area contributed by atoms with Gasteiger partial charge in [-0.25, -0.2) is 0 Å². The average Bonchev–Trinajstić information content (AvgIpc) is 2.90. The minimum atomic E-state index is -0.0319. The predicted octanol–water partition coefficient (Wildman–Crippen LogP) is 5.48. The van der Waals surface area contributed by atoms with Crippen molar-refractivity contribution in [3.63, 3.8) is 0 Å². The lowest BCUT2D eigenvalue weighted by Crippen LogP contribution is -2.19. The number of likely N-dealkylation sites (N-methyl/N-ethyl adjacent to an activating group) is 1. The van der Waals surface area contributed by atoms with Crippen LogP contribution < -0.4 is 4.74 Å². The van der Waals surface area contributed by atoms with Crippen LogP contribution in [0.1, 0.15) is 31.8 Å². The fraction of sp³-hybridized carbons (Fsp3) is 0.133. The van der Waals surface area contributed by atoms with Gasteiger partial charge in [0.05, 0.1) is 0 Å². The van der Waals surface area contributed by atoms with Gasteiger partial charge >= 0.3 is 0 Å². The lowest BCUT2D eigenvalue weighted by molar-refractivity contribution is 0.103. The number of ether oxygens (including phenoxy) is 1. The SMILES string of the molecule is CN(C)CCOc1ccc(C(=O)c2ccccc2)cc1.O=C(c1ccccc1)c1ccc(O)cc1. The summed E-state index contributed by atoms with van der Waals surface area (Å²) in [7, 11) is 4.01. The Kier molecular flexibility index (Phi) is 9.34. The number of hydrogen-bond donors (Lipinski definition) is 1.